The summed E-state index contributed by atoms with van der Waals surface area (Å²) in [6.07, 6.45) is 6.53. The Morgan fingerprint density at radius 1 is 1.00 bits per heavy atom. The number of carbonyl (C=O) groups excluding carboxylic acids is 2. The van der Waals surface area contributed by atoms with Crippen molar-refractivity contribution in [2.45, 2.75) is 57.5 Å². The Hall–Kier alpha value is -1.84. The molecule has 2 amide bonds. The maximum absolute atomic E-state index is 12.3. The van der Waals surface area contributed by atoms with Crippen LogP contribution in [0.15, 0.2) is 30.3 Å². The summed E-state index contributed by atoms with van der Waals surface area (Å²) in [5, 5.41) is 6.16. The summed E-state index contributed by atoms with van der Waals surface area (Å²) in [7, 11) is 0. The first-order chi connectivity index (χ1) is 11.1. The molecule has 3 atom stereocenters. The lowest BCUT2D eigenvalue weighted by Crippen LogP contribution is -2.38. The van der Waals surface area contributed by atoms with E-state index >= 15 is 0 Å². The van der Waals surface area contributed by atoms with Gasteiger partial charge in [0.05, 0.1) is 17.9 Å². The molecule has 0 bridgehead atoms. The number of benzene rings is 1. The van der Waals surface area contributed by atoms with Crippen LogP contribution in [-0.2, 0) is 9.59 Å². The summed E-state index contributed by atoms with van der Waals surface area (Å²) in [6.45, 7) is 1.98. The molecule has 2 aliphatic carbocycles. The van der Waals surface area contributed by atoms with Crippen LogP contribution in [0.4, 0.5) is 0 Å². The summed E-state index contributed by atoms with van der Waals surface area (Å²) in [4.78, 5) is 24.6. The fourth-order valence-corrected chi connectivity index (χ4v) is 3.48. The lowest BCUT2D eigenvalue weighted by Gasteiger charge is -2.22. The average Bonchev–Trinajstić information content (AvgIpc) is 3.37. The van der Waals surface area contributed by atoms with E-state index in [0.717, 1.165) is 18.4 Å². The minimum absolute atomic E-state index is 0.00477. The molecule has 3 unspecified atom stereocenters. The van der Waals surface area contributed by atoms with E-state index in [1.54, 1.807) is 0 Å². The van der Waals surface area contributed by atoms with Gasteiger partial charge in [-0.05, 0) is 31.7 Å². The monoisotopic (exact) mass is 314 g/mol. The molecule has 4 nitrogen and oxygen atoms in total. The van der Waals surface area contributed by atoms with Gasteiger partial charge in [-0.3, -0.25) is 9.59 Å². The molecule has 2 fully saturated rings. The third kappa shape index (κ3) is 4.12. The van der Waals surface area contributed by atoms with Crippen LogP contribution < -0.4 is 10.6 Å². The van der Waals surface area contributed by atoms with Gasteiger partial charge in [-0.15, -0.1) is 0 Å². The Kier molecular flexibility index (Phi) is 4.99. The van der Waals surface area contributed by atoms with E-state index < -0.39 is 0 Å². The highest BCUT2D eigenvalue weighted by molar-refractivity contribution is 5.92. The quantitative estimate of drug-likeness (QED) is 0.878. The van der Waals surface area contributed by atoms with E-state index in [0.29, 0.717) is 12.5 Å². The van der Waals surface area contributed by atoms with Crippen molar-refractivity contribution in [1.29, 1.82) is 0 Å². The molecule has 1 aromatic rings. The van der Waals surface area contributed by atoms with Crippen LogP contribution in [0, 0.1) is 11.8 Å². The zero-order chi connectivity index (χ0) is 16.2. The van der Waals surface area contributed by atoms with E-state index in [2.05, 4.69) is 10.6 Å². The van der Waals surface area contributed by atoms with Crippen LogP contribution in [0.3, 0.4) is 0 Å². The third-order valence-corrected chi connectivity index (χ3v) is 5.07. The molecule has 0 radical (unpaired) electrons. The predicted octanol–water partition coefficient (Wildman–Crippen LogP) is 2.95. The van der Waals surface area contributed by atoms with E-state index in [-0.39, 0.29) is 29.7 Å². The summed E-state index contributed by atoms with van der Waals surface area (Å²) in [5.41, 5.74) is 1.09. The number of rotatable bonds is 5. The molecule has 1 aromatic carbocycles. The van der Waals surface area contributed by atoms with Gasteiger partial charge >= 0.3 is 0 Å². The molecule has 3 rings (SSSR count). The Labute approximate surface area is 138 Å². The van der Waals surface area contributed by atoms with Gasteiger partial charge in [0.2, 0.25) is 11.8 Å². The highest BCUT2D eigenvalue weighted by Gasteiger charge is 2.48. The molecule has 0 aliphatic heterocycles. The summed E-state index contributed by atoms with van der Waals surface area (Å²) in [6, 6.07) is 10.2. The largest absolute Gasteiger partial charge is 0.353 e. The number of nitrogens with one attached hydrogen (secondary N) is 2. The fraction of sp³-hybridized carbons (Fsp3) is 0.579. The van der Waals surface area contributed by atoms with E-state index in [9.17, 15) is 9.59 Å². The molecule has 2 saturated carbocycles. The molecule has 0 spiro atoms. The standard InChI is InChI=1S/C19H26N2O2/c1-13(14-8-4-2-5-9-14)20-18(22)16-12-17(16)19(23)21-15-10-6-3-7-11-15/h2,4-5,8-9,13,15-17H,3,6-7,10-12H2,1H3,(H,20,22)(H,21,23). The molecule has 23 heavy (non-hydrogen) atoms. The second kappa shape index (κ2) is 7.16. The van der Waals surface area contributed by atoms with Gasteiger partial charge < -0.3 is 10.6 Å². The van der Waals surface area contributed by atoms with Gasteiger partial charge in [0.1, 0.15) is 0 Å². The van der Waals surface area contributed by atoms with Crippen molar-refractivity contribution in [3.05, 3.63) is 35.9 Å². The molecule has 0 heterocycles. The number of hydrogen-bond donors (Lipinski definition) is 2. The zero-order valence-electron chi connectivity index (χ0n) is 13.8. The minimum Gasteiger partial charge on any atom is -0.353 e. The normalized spacial score (nSPS) is 25.4. The van der Waals surface area contributed by atoms with Gasteiger partial charge in [0, 0.05) is 6.04 Å². The first-order valence-electron chi connectivity index (χ1n) is 8.81. The SMILES string of the molecule is CC(NC(=O)C1CC1C(=O)NC1CCCCC1)c1ccccc1. The molecule has 0 saturated heterocycles. The highest BCUT2D eigenvalue weighted by Crippen LogP contribution is 2.39. The zero-order valence-corrected chi connectivity index (χ0v) is 13.8. The van der Waals surface area contributed by atoms with Crippen LogP contribution in [0.5, 0.6) is 0 Å². The second-order valence-electron chi connectivity index (χ2n) is 6.93. The Balaban J connectivity index is 1.45. The highest BCUT2D eigenvalue weighted by atomic mass is 16.2. The van der Waals surface area contributed by atoms with Crippen LogP contribution in [0.25, 0.3) is 0 Å². The molecular weight excluding hydrogens is 288 g/mol. The van der Waals surface area contributed by atoms with Crippen molar-refractivity contribution in [3.8, 4) is 0 Å². The van der Waals surface area contributed by atoms with Crippen LogP contribution in [-0.4, -0.2) is 17.9 Å². The Bertz CT molecular complexity index is 552. The predicted molar refractivity (Wildman–Crippen MR) is 89.6 cm³/mol. The van der Waals surface area contributed by atoms with Crippen molar-refractivity contribution < 1.29 is 9.59 Å². The van der Waals surface area contributed by atoms with Gasteiger partial charge in [-0.25, -0.2) is 0 Å². The van der Waals surface area contributed by atoms with Gasteiger partial charge in [0.15, 0.2) is 0 Å². The second-order valence-corrected chi connectivity index (χ2v) is 6.93. The first kappa shape index (κ1) is 16.0. The van der Waals surface area contributed by atoms with Crippen LogP contribution in [0.1, 0.15) is 57.1 Å². The maximum Gasteiger partial charge on any atom is 0.224 e. The summed E-state index contributed by atoms with van der Waals surface area (Å²) < 4.78 is 0. The van der Waals surface area contributed by atoms with Crippen molar-refractivity contribution >= 4 is 11.8 Å². The summed E-state index contributed by atoms with van der Waals surface area (Å²) in [5.74, 6) is -0.195. The van der Waals surface area contributed by atoms with Gasteiger partial charge in [-0.2, -0.15) is 0 Å². The Morgan fingerprint density at radius 2 is 1.65 bits per heavy atom. The van der Waals surface area contributed by atoms with E-state index in [1.807, 2.05) is 37.3 Å². The summed E-state index contributed by atoms with van der Waals surface area (Å²) >= 11 is 0. The van der Waals surface area contributed by atoms with Gasteiger partial charge in [0.25, 0.3) is 0 Å². The third-order valence-electron chi connectivity index (χ3n) is 5.07. The van der Waals surface area contributed by atoms with Crippen molar-refractivity contribution in [1.82, 2.24) is 10.6 Å². The van der Waals surface area contributed by atoms with Crippen LogP contribution >= 0.6 is 0 Å². The maximum atomic E-state index is 12.3. The molecule has 2 aliphatic rings. The van der Waals surface area contributed by atoms with Gasteiger partial charge in [-0.1, -0.05) is 49.6 Å². The number of amides is 2. The van der Waals surface area contributed by atoms with Crippen molar-refractivity contribution in [2.24, 2.45) is 11.8 Å². The lowest BCUT2D eigenvalue weighted by molar-refractivity contribution is -0.128. The fourth-order valence-electron chi connectivity index (χ4n) is 3.48. The van der Waals surface area contributed by atoms with E-state index in [1.165, 1.54) is 19.3 Å². The smallest absolute Gasteiger partial charge is 0.224 e. The molecular formula is C19H26N2O2. The average molecular weight is 314 g/mol. The van der Waals surface area contributed by atoms with Crippen molar-refractivity contribution in [2.75, 3.05) is 0 Å². The van der Waals surface area contributed by atoms with Crippen LogP contribution in [0.2, 0.25) is 0 Å². The number of carbonyl (C=O) groups is 2. The molecule has 0 aromatic heterocycles. The van der Waals surface area contributed by atoms with E-state index in [4.69, 9.17) is 0 Å². The lowest BCUT2D eigenvalue weighted by atomic mass is 9.95. The number of hydrogen-bond acceptors (Lipinski definition) is 2. The molecule has 4 heteroatoms. The van der Waals surface area contributed by atoms with Crippen molar-refractivity contribution in [3.63, 3.8) is 0 Å². The first-order valence-corrected chi connectivity index (χ1v) is 8.81. The molecule has 124 valence electrons. The topological polar surface area (TPSA) is 58.2 Å². The minimum atomic E-state index is -0.148. The Morgan fingerprint density at radius 3 is 2.35 bits per heavy atom. The molecule has 2 N–H and O–H groups in total.